The molecule has 0 spiro atoms. The van der Waals surface area contributed by atoms with Gasteiger partial charge in [-0.25, -0.2) is 9.13 Å². The zero-order valence-electron chi connectivity index (χ0n) is 64.3. The summed E-state index contributed by atoms with van der Waals surface area (Å²) in [4.78, 5) is 72.8. The van der Waals surface area contributed by atoms with Gasteiger partial charge in [0, 0.05) is 25.7 Å². The first-order valence-electron chi connectivity index (χ1n) is 40.8. The van der Waals surface area contributed by atoms with Crippen LogP contribution in [0.4, 0.5) is 0 Å². The van der Waals surface area contributed by atoms with Gasteiger partial charge in [0.2, 0.25) is 0 Å². The summed E-state index contributed by atoms with van der Waals surface area (Å²) in [7, 11) is -9.91. The van der Waals surface area contributed by atoms with Crippen molar-refractivity contribution in [2.24, 2.45) is 17.8 Å². The molecule has 0 fully saturated rings. The van der Waals surface area contributed by atoms with Gasteiger partial charge < -0.3 is 33.8 Å². The summed E-state index contributed by atoms with van der Waals surface area (Å²) in [5.41, 5.74) is 0. The molecule has 0 aliphatic carbocycles. The highest BCUT2D eigenvalue weighted by molar-refractivity contribution is 7.47. The molecule has 0 bridgehead atoms. The molecular formula is C79H154O17P2. The lowest BCUT2D eigenvalue weighted by molar-refractivity contribution is -0.161. The monoisotopic (exact) mass is 1440 g/mol. The number of rotatable bonds is 77. The van der Waals surface area contributed by atoms with Crippen LogP contribution in [0.5, 0.6) is 0 Å². The van der Waals surface area contributed by atoms with Crippen molar-refractivity contribution in [1.29, 1.82) is 0 Å². The molecule has 0 heterocycles. The van der Waals surface area contributed by atoms with Gasteiger partial charge >= 0.3 is 39.5 Å². The van der Waals surface area contributed by atoms with Crippen LogP contribution in [0.3, 0.4) is 0 Å². The lowest BCUT2D eigenvalue weighted by Gasteiger charge is -2.21. The van der Waals surface area contributed by atoms with Crippen molar-refractivity contribution < 1.29 is 80.2 Å². The van der Waals surface area contributed by atoms with E-state index >= 15 is 0 Å². The first kappa shape index (κ1) is 96.1. The third kappa shape index (κ3) is 72.4. The van der Waals surface area contributed by atoms with Crippen LogP contribution in [0.2, 0.25) is 0 Å². The van der Waals surface area contributed by atoms with Gasteiger partial charge in [-0.2, -0.15) is 0 Å². The molecule has 19 heteroatoms. The van der Waals surface area contributed by atoms with Crippen LogP contribution in [0.1, 0.15) is 408 Å². The molecule has 0 aromatic carbocycles. The molecule has 5 atom stereocenters. The number of aliphatic hydroxyl groups excluding tert-OH is 1. The first-order chi connectivity index (χ1) is 47.2. The molecule has 0 aromatic heterocycles. The van der Waals surface area contributed by atoms with E-state index in [9.17, 15) is 43.2 Å². The van der Waals surface area contributed by atoms with E-state index in [0.717, 1.165) is 120 Å². The molecule has 98 heavy (non-hydrogen) atoms. The summed E-state index contributed by atoms with van der Waals surface area (Å²) in [6, 6.07) is 0. The fourth-order valence-corrected chi connectivity index (χ4v) is 13.7. The number of hydrogen-bond acceptors (Lipinski definition) is 15. The predicted octanol–water partition coefficient (Wildman–Crippen LogP) is 23.4. The summed E-state index contributed by atoms with van der Waals surface area (Å²) >= 11 is 0. The number of esters is 4. The van der Waals surface area contributed by atoms with Crippen LogP contribution >= 0.6 is 15.6 Å². The summed E-state index contributed by atoms with van der Waals surface area (Å²) in [6.45, 7) is 11.9. The van der Waals surface area contributed by atoms with E-state index in [1.807, 2.05) is 0 Å². The normalized spacial score (nSPS) is 14.0. The van der Waals surface area contributed by atoms with Gasteiger partial charge in [0.15, 0.2) is 12.2 Å². The zero-order valence-corrected chi connectivity index (χ0v) is 66.0. The zero-order chi connectivity index (χ0) is 72.3. The lowest BCUT2D eigenvalue weighted by atomic mass is 10.0. The van der Waals surface area contributed by atoms with E-state index in [-0.39, 0.29) is 25.7 Å². The second kappa shape index (κ2) is 69.4. The quantitative estimate of drug-likeness (QED) is 0.0222. The topological polar surface area (TPSA) is 237 Å². The Balaban J connectivity index is 5.17. The Morgan fingerprint density at radius 3 is 0.694 bits per heavy atom. The van der Waals surface area contributed by atoms with Gasteiger partial charge in [0.1, 0.15) is 19.3 Å². The number of ether oxygens (including phenoxy) is 4. The molecule has 0 rings (SSSR count). The number of aliphatic hydroxyl groups is 1. The van der Waals surface area contributed by atoms with Crippen LogP contribution in [0.25, 0.3) is 0 Å². The van der Waals surface area contributed by atoms with Crippen molar-refractivity contribution in [2.45, 2.75) is 426 Å². The van der Waals surface area contributed by atoms with Crippen molar-refractivity contribution in [3.05, 3.63) is 0 Å². The molecule has 0 aliphatic rings. The molecule has 0 radical (unpaired) electrons. The highest BCUT2D eigenvalue weighted by atomic mass is 31.2. The van der Waals surface area contributed by atoms with Crippen molar-refractivity contribution in [3.63, 3.8) is 0 Å². The number of carbonyl (C=O) groups is 4. The van der Waals surface area contributed by atoms with Gasteiger partial charge in [-0.15, -0.1) is 0 Å². The summed E-state index contributed by atoms with van der Waals surface area (Å²) in [6.07, 6.45) is 57.2. The Hall–Kier alpha value is -1.94. The Labute approximate surface area is 600 Å². The lowest BCUT2D eigenvalue weighted by Crippen LogP contribution is -2.30. The summed E-state index contributed by atoms with van der Waals surface area (Å²) in [5.74, 6) is 0.244. The van der Waals surface area contributed by atoms with Crippen LogP contribution in [0.15, 0.2) is 0 Å². The van der Waals surface area contributed by atoms with Crippen LogP contribution in [0, 0.1) is 17.8 Å². The van der Waals surface area contributed by atoms with E-state index in [1.165, 1.54) is 205 Å². The SMILES string of the molecule is CCCCCCCCCC(=O)OC[C@H](COP(=O)(O)OC[C@H](O)COP(=O)(O)OC[C@@H](COC(=O)CCCCCCCCCCCCCCCCCC(C)C)OC(=O)CCCCCCCCCCCCCCCCCCCCC(C)C)OC(=O)CCCCCCCCCCCC(C)C. The van der Waals surface area contributed by atoms with E-state index in [0.29, 0.717) is 25.7 Å². The van der Waals surface area contributed by atoms with Gasteiger partial charge in [-0.3, -0.25) is 37.3 Å². The Bertz CT molecular complexity index is 1900. The fourth-order valence-electron chi connectivity index (χ4n) is 12.1. The second-order valence-corrected chi connectivity index (χ2v) is 32.8. The van der Waals surface area contributed by atoms with Crippen LogP contribution < -0.4 is 0 Å². The number of phosphoric acid groups is 2. The number of hydrogen-bond donors (Lipinski definition) is 3. The smallest absolute Gasteiger partial charge is 0.462 e. The van der Waals surface area contributed by atoms with Crippen molar-refractivity contribution >= 4 is 39.5 Å². The Morgan fingerprint density at radius 2 is 0.469 bits per heavy atom. The highest BCUT2D eigenvalue weighted by Crippen LogP contribution is 2.45. The molecule has 0 aliphatic heterocycles. The third-order valence-electron chi connectivity index (χ3n) is 18.4. The molecular weight excluding hydrogens is 1280 g/mol. The third-order valence-corrected chi connectivity index (χ3v) is 20.3. The fraction of sp³-hybridized carbons (Fsp3) is 0.949. The van der Waals surface area contributed by atoms with Crippen LogP contribution in [-0.4, -0.2) is 96.7 Å². The molecule has 3 N–H and O–H groups in total. The largest absolute Gasteiger partial charge is 0.472 e. The molecule has 0 saturated carbocycles. The minimum atomic E-state index is -4.96. The standard InChI is InChI=1S/C79H154O17P2/c1-8-9-10-11-36-46-53-60-76(81)89-66-74(95-79(84)63-56-49-42-35-29-32-39-45-52-59-72(6)7)68-93-97(85,86)91-64-73(80)65-92-98(87,88)94-69-75(67-90-77(82)61-54-47-40-33-27-23-20-16-18-22-26-31-38-44-51-58-71(4)5)96-78(83)62-55-48-41-34-28-24-19-15-13-12-14-17-21-25-30-37-43-50-57-70(2)3/h70-75,80H,8-69H2,1-7H3,(H,85,86)(H,87,88)/t73-,74+,75+/m0/s1. The number of carbonyl (C=O) groups excluding carboxylic acids is 4. The number of phosphoric ester groups is 2. The van der Waals surface area contributed by atoms with E-state index in [4.69, 9.17) is 37.0 Å². The predicted molar refractivity (Wildman–Crippen MR) is 400 cm³/mol. The van der Waals surface area contributed by atoms with Crippen molar-refractivity contribution in [2.75, 3.05) is 39.6 Å². The maximum absolute atomic E-state index is 13.1. The maximum atomic E-state index is 13.1. The van der Waals surface area contributed by atoms with E-state index in [1.54, 1.807) is 0 Å². The van der Waals surface area contributed by atoms with Gasteiger partial charge in [0.05, 0.1) is 26.4 Å². The molecule has 17 nitrogen and oxygen atoms in total. The molecule has 582 valence electrons. The molecule has 0 saturated heterocycles. The van der Waals surface area contributed by atoms with Gasteiger partial charge in [0.25, 0.3) is 0 Å². The average Bonchev–Trinajstić information content (AvgIpc) is 0.968. The molecule has 0 amide bonds. The molecule has 2 unspecified atom stereocenters. The minimum Gasteiger partial charge on any atom is -0.462 e. The maximum Gasteiger partial charge on any atom is 0.472 e. The van der Waals surface area contributed by atoms with E-state index < -0.39 is 97.5 Å². The molecule has 0 aromatic rings. The summed E-state index contributed by atoms with van der Waals surface area (Å²) < 4.78 is 68.5. The minimum absolute atomic E-state index is 0.105. The first-order valence-corrected chi connectivity index (χ1v) is 43.8. The van der Waals surface area contributed by atoms with Crippen LogP contribution in [-0.2, 0) is 65.4 Å². The van der Waals surface area contributed by atoms with E-state index in [2.05, 4.69) is 48.5 Å². The Kier molecular flexibility index (Phi) is 68.1. The van der Waals surface area contributed by atoms with Crippen molar-refractivity contribution in [3.8, 4) is 0 Å². The van der Waals surface area contributed by atoms with Gasteiger partial charge in [-0.05, 0) is 43.4 Å². The number of unbranched alkanes of at least 4 members (excludes halogenated alkanes) is 45. The Morgan fingerprint density at radius 1 is 0.276 bits per heavy atom. The average molecular weight is 1440 g/mol. The van der Waals surface area contributed by atoms with Crippen molar-refractivity contribution in [1.82, 2.24) is 0 Å². The van der Waals surface area contributed by atoms with Gasteiger partial charge in [-0.1, -0.05) is 357 Å². The summed E-state index contributed by atoms with van der Waals surface area (Å²) in [5, 5.41) is 10.6. The highest BCUT2D eigenvalue weighted by Gasteiger charge is 2.30. The second-order valence-electron chi connectivity index (χ2n) is 29.9.